The first kappa shape index (κ1) is 11.9. The second-order valence-electron chi connectivity index (χ2n) is 4.36. The molecule has 3 rings (SSSR count). The van der Waals surface area contributed by atoms with E-state index in [-0.39, 0.29) is 0 Å². The van der Waals surface area contributed by atoms with Gasteiger partial charge in [-0.15, -0.1) is 0 Å². The van der Waals surface area contributed by atoms with Crippen molar-refractivity contribution in [1.82, 2.24) is 9.97 Å². The van der Waals surface area contributed by atoms with Gasteiger partial charge < -0.3 is 14.8 Å². The number of anilines is 1. The molecule has 0 spiro atoms. The maximum absolute atomic E-state index is 5.32. The van der Waals surface area contributed by atoms with E-state index in [2.05, 4.69) is 15.3 Å². The van der Waals surface area contributed by atoms with E-state index in [0.717, 1.165) is 22.6 Å². The van der Waals surface area contributed by atoms with Crippen molar-refractivity contribution in [3.63, 3.8) is 0 Å². The first-order chi connectivity index (χ1) is 9.35. The maximum atomic E-state index is 5.32. The lowest BCUT2D eigenvalue weighted by molar-refractivity contribution is 0.133. The zero-order chi connectivity index (χ0) is 13.1. The van der Waals surface area contributed by atoms with Gasteiger partial charge in [-0.2, -0.15) is 0 Å². The molecular weight excluding hydrogens is 242 g/mol. The van der Waals surface area contributed by atoms with Crippen molar-refractivity contribution < 1.29 is 9.47 Å². The zero-order valence-corrected chi connectivity index (χ0v) is 10.7. The molecular formula is C14H15N3O2. The van der Waals surface area contributed by atoms with Crippen molar-refractivity contribution in [2.24, 2.45) is 0 Å². The van der Waals surface area contributed by atoms with Crippen molar-refractivity contribution in [3.8, 4) is 5.75 Å². The molecule has 0 saturated carbocycles. The minimum atomic E-state index is 0.575. The van der Waals surface area contributed by atoms with Crippen molar-refractivity contribution in [2.75, 3.05) is 12.4 Å². The Balaban J connectivity index is 1.68. The first-order valence-corrected chi connectivity index (χ1v) is 6.14. The molecule has 0 amide bonds. The Hall–Kier alpha value is -2.14. The monoisotopic (exact) mass is 257 g/mol. The van der Waals surface area contributed by atoms with E-state index in [4.69, 9.17) is 9.47 Å². The van der Waals surface area contributed by atoms with Crippen LogP contribution in [0.4, 0.5) is 5.95 Å². The van der Waals surface area contributed by atoms with Crippen molar-refractivity contribution in [1.29, 1.82) is 0 Å². The summed E-state index contributed by atoms with van der Waals surface area (Å²) in [6, 6.07) is 7.91. The largest absolute Gasteiger partial charge is 0.497 e. The summed E-state index contributed by atoms with van der Waals surface area (Å²) in [4.78, 5) is 8.71. The summed E-state index contributed by atoms with van der Waals surface area (Å²) in [5.41, 5.74) is 3.18. The number of hydrogen-bond donors (Lipinski definition) is 1. The minimum absolute atomic E-state index is 0.575. The summed E-state index contributed by atoms with van der Waals surface area (Å²) >= 11 is 0. The van der Waals surface area contributed by atoms with Crippen LogP contribution in [0, 0.1) is 0 Å². The van der Waals surface area contributed by atoms with E-state index in [0.29, 0.717) is 25.7 Å². The molecule has 5 nitrogen and oxygen atoms in total. The second kappa shape index (κ2) is 5.24. The molecule has 2 heterocycles. The smallest absolute Gasteiger partial charge is 0.223 e. The molecule has 1 N–H and O–H groups in total. The highest BCUT2D eigenvalue weighted by Gasteiger charge is 2.13. The normalized spacial score (nSPS) is 13.1. The lowest BCUT2D eigenvalue weighted by atomic mass is 10.2. The highest BCUT2D eigenvalue weighted by Crippen LogP contribution is 2.18. The third-order valence-corrected chi connectivity index (χ3v) is 3.04. The van der Waals surface area contributed by atoms with Gasteiger partial charge in [0, 0.05) is 18.3 Å². The van der Waals surface area contributed by atoms with Gasteiger partial charge in [0.05, 0.1) is 26.0 Å². The van der Waals surface area contributed by atoms with Crippen molar-refractivity contribution in [3.05, 3.63) is 47.3 Å². The van der Waals surface area contributed by atoms with Gasteiger partial charge in [-0.1, -0.05) is 12.1 Å². The summed E-state index contributed by atoms with van der Waals surface area (Å²) < 4.78 is 10.5. The second-order valence-corrected chi connectivity index (χ2v) is 4.36. The van der Waals surface area contributed by atoms with Gasteiger partial charge in [-0.05, 0) is 17.7 Å². The summed E-state index contributed by atoms with van der Waals surface area (Å²) in [7, 11) is 1.66. The van der Waals surface area contributed by atoms with E-state index in [9.17, 15) is 0 Å². The number of hydrogen-bond acceptors (Lipinski definition) is 5. The fourth-order valence-corrected chi connectivity index (χ4v) is 1.99. The maximum Gasteiger partial charge on any atom is 0.223 e. The number of benzene rings is 1. The molecule has 0 radical (unpaired) electrons. The van der Waals surface area contributed by atoms with E-state index in [1.54, 1.807) is 7.11 Å². The molecule has 0 aliphatic carbocycles. The highest BCUT2D eigenvalue weighted by molar-refractivity contribution is 5.34. The van der Waals surface area contributed by atoms with Crippen LogP contribution in [0.2, 0.25) is 0 Å². The Bertz CT molecular complexity index is 587. The summed E-state index contributed by atoms with van der Waals surface area (Å²) in [5.74, 6) is 1.48. The fraction of sp³-hybridized carbons (Fsp3) is 0.286. The third-order valence-electron chi connectivity index (χ3n) is 3.04. The molecule has 1 aromatic carbocycles. The molecule has 1 aromatic heterocycles. The Morgan fingerprint density at radius 2 is 2.32 bits per heavy atom. The van der Waals surface area contributed by atoms with E-state index in [1.165, 1.54) is 0 Å². The molecule has 2 aromatic rings. The highest BCUT2D eigenvalue weighted by atomic mass is 16.5. The standard InChI is InChI=1S/C14H15N3O2/c1-18-12-4-2-3-10(5-12)6-15-14-16-7-11-8-19-9-13(11)17-14/h2-5,7H,6,8-9H2,1H3,(H,15,16,17). The molecule has 0 unspecified atom stereocenters. The van der Waals surface area contributed by atoms with Crippen LogP contribution in [0.3, 0.4) is 0 Å². The van der Waals surface area contributed by atoms with Gasteiger partial charge in [0.25, 0.3) is 0 Å². The Kier molecular flexibility index (Phi) is 3.29. The zero-order valence-electron chi connectivity index (χ0n) is 10.7. The van der Waals surface area contributed by atoms with Crippen LogP contribution in [0.25, 0.3) is 0 Å². The van der Waals surface area contributed by atoms with Gasteiger partial charge in [-0.25, -0.2) is 9.97 Å². The lowest BCUT2D eigenvalue weighted by Crippen LogP contribution is -2.05. The van der Waals surface area contributed by atoms with Crippen LogP contribution in [-0.4, -0.2) is 17.1 Å². The third kappa shape index (κ3) is 2.66. The van der Waals surface area contributed by atoms with Gasteiger partial charge in [-0.3, -0.25) is 0 Å². The number of nitrogens with zero attached hydrogens (tertiary/aromatic N) is 2. The Morgan fingerprint density at radius 3 is 3.21 bits per heavy atom. The summed E-state index contributed by atoms with van der Waals surface area (Å²) in [5, 5.41) is 3.21. The summed E-state index contributed by atoms with van der Waals surface area (Å²) in [6.07, 6.45) is 1.82. The SMILES string of the molecule is COc1cccc(CNc2ncc3c(n2)COC3)c1. The van der Waals surface area contributed by atoms with Crippen LogP contribution in [-0.2, 0) is 24.5 Å². The number of nitrogens with one attached hydrogen (secondary N) is 1. The predicted octanol–water partition coefficient (Wildman–Crippen LogP) is 2.13. The predicted molar refractivity (Wildman–Crippen MR) is 70.8 cm³/mol. The van der Waals surface area contributed by atoms with E-state index >= 15 is 0 Å². The Morgan fingerprint density at radius 1 is 1.37 bits per heavy atom. The number of fused-ring (bicyclic) bond motifs is 1. The average molecular weight is 257 g/mol. The van der Waals surface area contributed by atoms with Crippen LogP contribution < -0.4 is 10.1 Å². The molecule has 5 heteroatoms. The fourth-order valence-electron chi connectivity index (χ4n) is 1.99. The van der Waals surface area contributed by atoms with Gasteiger partial charge in [0.2, 0.25) is 5.95 Å². The molecule has 19 heavy (non-hydrogen) atoms. The Labute approximate surface area is 111 Å². The molecule has 1 aliphatic rings. The number of methoxy groups -OCH3 is 1. The minimum Gasteiger partial charge on any atom is -0.497 e. The average Bonchev–Trinajstić information content (AvgIpc) is 2.93. The van der Waals surface area contributed by atoms with Crippen LogP contribution in [0.5, 0.6) is 5.75 Å². The molecule has 0 fully saturated rings. The van der Waals surface area contributed by atoms with Gasteiger partial charge in [0.15, 0.2) is 0 Å². The van der Waals surface area contributed by atoms with E-state index in [1.807, 2.05) is 30.5 Å². The van der Waals surface area contributed by atoms with Gasteiger partial charge in [0.1, 0.15) is 5.75 Å². The molecule has 0 atom stereocenters. The molecule has 0 saturated heterocycles. The van der Waals surface area contributed by atoms with Crippen molar-refractivity contribution in [2.45, 2.75) is 19.8 Å². The van der Waals surface area contributed by atoms with Gasteiger partial charge >= 0.3 is 0 Å². The van der Waals surface area contributed by atoms with Crippen LogP contribution in [0.15, 0.2) is 30.5 Å². The lowest BCUT2D eigenvalue weighted by Gasteiger charge is -2.07. The number of aromatic nitrogens is 2. The van der Waals surface area contributed by atoms with E-state index < -0.39 is 0 Å². The van der Waals surface area contributed by atoms with Crippen LogP contribution >= 0.6 is 0 Å². The van der Waals surface area contributed by atoms with Crippen molar-refractivity contribution >= 4 is 5.95 Å². The number of ether oxygens (including phenoxy) is 2. The topological polar surface area (TPSA) is 56.3 Å². The molecule has 0 bridgehead atoms. The van der Waals surface area contributed by atoms with Crippen LogP contribution in [0.1, 0.15) is 16.8 Å². The first-order valence-electron chi connectivity index (χ1n) is 6.14. The molecule has 1 aliphatic heterocycles. The summed E-state index contributed by atoms with van der Waals surface area (Å²) in [6.45, 7) is 1.86. The molecule has 98 valence electrons. The number of rotatable bonds is 4. The quantitative estimate of drug-likeness (QED) is 0.909.